The number of carbonyl (C=O) groups excluding carboxylic acids is 3. The number of H-pyrrole nitrogens is 1. The number of ether oxygens (including phenoxy) is 1. The number of hydrogen-bond donors (Lipinski definition) is 1. The highest BCUT2D eigenvalue weighted by molar-refractivity contribution is 6.05. The van der Waals surface area contributed by atoms with Gasteiger partial charge in [0.2, 0.25) is 5.78 Å². The first-order valence-electron chi connectivity index (χ1n) is 8.25. The summed E-state index contributed by atoms with van der Waals surface area (Å²) in [6.45, 7) is 6.55. The summed E-state index contributed by atoms with van der Waals surface area (Å²) in [5.74, 6) is -0.298. The predicted molar refractivity (Wildman–Crippen MR) is 86.7 cm³/mol. The number of ketones is 2. The van der Waals surface area contributed by atoms with E-state index >= 15 is 0 Å². The van der Waals surface area contributed by atoms with Crippen LogP contribution < -0.4 is 0 Å². The zero-order valence-electron chi connectivity index (χ0n) is 14.3. The van der Waals surface area contributed by atoms with Gasteiger partial charge in [-0.15, -0.1) is 0 Å². The van der Waals surface area contributed by atoms with E-state index < -0.39 is 6.10 Å². The van der Waals surface area contributed by atoms with Crippen LogP contribution in [0.15, 0.2) is 0 Å². The van der Waals surface area contributed by atoms with Crippen LogP contribution in [0, 0.1) is 19.8 Å². The Morgan fingerprint density at radius 1 is 1.22 bits per heavy atom. The van der Waals surface area contributed by atoms with Crippen LogP contribution >= 0.6 is 0 Å². The minimum atomic E-state index is -0.847. The number of esters is 1. The second-order valence-corrected chi connectivity index (χ2v) is 6.53. The topological polar surface area (TPSA) is 76.2 Å². The molecule has 0 aliphatic heterocycles. The van der Waals surface area contributed by atoms with E-state index in [1.54, 1.807) is 20.8 Å². The highest BCUT2D eigenvalue weighted by Crippen LogP contribution is 2.28. The molecule has 1 saturated carbocycles. The van der Waals surface area contributed by atoms with Gasteiger partial charge in [-0.05, 0) is 52.0 Å². The number of carbonyl (C=O) groups is 3. The Morgan fingerprint density at radius 2 is 1.83 bits per heavy atom. The fourth-order valence-electron chi connectivity index (χ4n) is 3.48. The van der Waals surface area contributed by atoms with Crippen molar-refractivity contribution < 1.29 is 19.1 Å². The Morgan fingerprint density at radius 3 is 2.35 bits per heavy atom. The third kappa shape index (κ3) is 3.89. The van der Waals surface area contributed by atoms with E-state index in [1.807, 2.05) is 0 Å². The van der Waals surface area contributed by atoms with Crippen LogP contribution in [-0.2, 0) is 9.53 Å². The van der Waals surface area contributed by atoms with Gasteiger partial charge < -0.3 is 9.72 Å². The molecule has 2 rings (SSSR count). The molecule has 1 aromatic rings. The Kier molecular flexibility index (Phi) is 5.39. The van der Waals surface area contributed by atoms with Crippen LogP contribution in [0.3, 0.4) is 0 Å². The number of rotatable bonds is 6. The molecule has 1 N–H and O–H groups in total. The summed E-state index contributed by atoms with van der Waals surface area (Å²) in [5.41, 5.74) is 2.19. The lowest BCUT2D eigenvalue weighted by Gasteiger charge is -2.14. The molecule has 1 aliphatic carbocycles. The van der Waals surface area contributed by atoms with Crippen LogP contribution in [0.5, 0.6) is 0 Å². The first kappa shape index (κ1) is 17.4. The maximum Gasteiger partial charge on any atom is 0.306 e. The fourth-order valence-corrected chi connectivity index (χ4v) is 3.48. The number of aromatic amines is 1. The molecule has 1 atom stereocenters. The van der Waals surface area contributed by atoms with Crippen LogP contribution in [-0.4, -0.2) is 28.6 Å². The van der Waals surface area contributed by atoms with Crippen LogP contribution in [0.25, 0.3) is 0 Å². The maximum atomic E-state index is 12.5. The molecule has 0 spiro atoms. The highest BCUT2D eigenvalue weighted by Gasteiger charge is 2.27. The third-order valence-electron chi connectivity index (χ3n) is 4.64. The largest absolute Gasteiger partial charge is 0.454 e. The minimum absolute atomic E-state index is 0.0822. The van der Waals surface area contributed by atoms with E-state index in [0.29, 0.717) is 34.9 Å². The summed E-state index contributed by atoms with van der Waals surface area (Å²) in [6, 6.07) is 0. The molecular weight excluding hydrogens is 294 g/mol. The van der Waals surface area contributed by atoms with E-state index in [-0.39, 0.29) is 17.5 Å². The van der Waals surface area contributed by atoms with Gasteiger partial charge in [0.15, 0.2) is 11.9 Å². The lowest BCUT2D eigenvalue weighted by atomic mass is 10.0. The van der Waals surface area contributed by atoms with Crippen molar-refractivity contribution in [3.63, 3.8) is 0 Å². The molecule has 0 amide bonds. The molecule has 1 heterocycles. The number of hydrogen-bond acceptors (Lipinski definition) is 4. The molecule has 0 saturated heterocycles. The average Bonchev–Trinajstić information content (AvgIpc) is 3.05. The summed E-state index contributed by atoms with van der Waals surface area (Å²) in [5, 5.41) is 0. The van der Waals surface area contributed by atoms with E-state index in [4.69, 9.17) is 4.74 Å². The van der Waals surface area contributed by atoms with Crippen LogP contribution in [0.1, 0.15) is 78.1 Å². The second kappa shape index (κ2) is 7.11. The van der Waals surface area contributed by atoms with Crippen molar-refractivity contribution in [2.24, 2.45) is 5.92 Å². The Hall–Kier alpha value is -1.91. The first-order chi connectivity index (χ1) is 10.8. The van der Waals surface area contributed by atoms with Gasteiger partial charge in [0, 0.05) is 17.7 Å². The highest BCUT2D eigenvalue weighted by atomic mass is 16.5. The Balaban J connectivity index is 2.03. The van der Waals surface area contributed by atoms with Gasteiger partial charge in [-0.25, -0.2) is 0 Å². The normalized spacial score (nSPS) is 16.3. The molecule has 23 heavy (non-hydrogen) atoms. The predicted octanol–water partition coefficient (Wildman–Crippen LogP) is 3.53. The van der Waals surface area contributed by atoms with Crippen LogP contribution in [0.2, 0.25) is 0 Å². The van der Waals surface area contributed by atoms with Crippen molar-refractivity contribution in [1.29, 1.82) is 0 Å². The molecule has 1 aromatic heterocycles. The van der Waals surface area contributed by atoms with Gasteiger partial charge in [0.05, 0.1) is 5.69 Å². The summed E-state index contributed by atoms with van der Waals surface area (Å²) in [6.07, 6.45) is 4.00. The van der Waals surface area contributed by atoms with Crippen molar-refractivity contribution in [3.05, 3.63) is 22.5 Å². The molecule has 5 nitrogen and oxygen atoms in total. The van der Waals surface area contributed by atoms with E-state index in [9.17, 15) is 14.4 Å². The minimum Gasteiger partial charge on any atom is -0.454 e. The Bertz CT molecular complexity index is 623. The molecule has 5 heteroatoms. The van der Waals surface area contributed by atoms with Gasteiger partial charge in [-0.2, -0.15) is 0 Å². The number of nitrogens with one attached hydrogen (secondary N) is 1. The monoisotopic (exact) mass is 319 g/mol. The summed E-state index contributed by atoms with van der Waals surface area (Å²) >= 11 is 0. The van der Waals surface area contributed by atoms with Gasteiger partial charge in [-0.3, -0.25) is 14.4 Å². The SMILES string of the molecule is CC(=O)c1c(C)[nH]c(C(=O)[C@@H](C)OC(=O)CC2CCCC2)c1C. The number of aromatic nitrogens is 1. The molecule has 1 aliphatic rings. The smallest absolute Gasteiger partial charge is 0.306 e. The number of aryl methyl sites for hydroxylation is 1. The Labute approximate surface area is 136 Å². The van der Waals surface area contributed by atoms with E-state index in [2.05, 4.69) is 4.98 Å². The summed E-state index contributed by atoms with van der Waals surface area (Å²) in [4.78, 5) is 39.1. The first-order valence-corrected chi connectivity index (χ1v) is 8.25. The number of Topliss-reactive ketones (excluding diaryl/α,β-unsaturated/α-hetero) is 2. The van der Waals surface area contributed by atoms with Gasteiger partial charge in [-0.1, -0.05) is 12.8 Å². The molecule has 0 radical (unpaired) electrons. The zero-order valence-corrected chi connectivity index (χ0v) is 14.3. The molecule has 0 unspecified atom stereocenters. The maximum absolute atomic E-state index is 12.5. The van der Waals surface area contributed by atoms with E-state index in [1.165, 1.54) is 19.8 Å². The van der Waals surface area contributed by atoms with Crippen molar-refractivity contribution in [1.82, 2.24) is 4.98 Å². The zero-order chi connectivity index (χ0) is 17.1. The van der Waals surface area contributed by atoms with Crippen LogP contribution in [0.4, 0.5) is 0 Å². The molecule has 1 fully saturated rings. The average molecular weight is 319 g/mol. The third-order valence-corrected chi connectivity index (χ3v) is 4.64. The van der Waals surface area contributed by atoms with Crippen molar-refractivity contribution in [2.45, 2.75) is 65.9 Å². The van der Waals surface area contributed by atoms with Crippen molar-refractivity contribution in [2.75, 3.05) is 0 Å². The summed E-state index contributed by atoms with van der Waals surface area (Å²) < 4.78 is 5.30. The fraction of sp³-hybridized carbons (Fsp3) is 0.611. The summed E-state index contributed by atoms with van der Waals surface area (Å²) in [7, 11) is 0. The quantitative estimate of drug-likeness (QED) is 0.643. The molecule has 126 valence electrons. The van der Waals surface area contributed by atoms with Gasteiger partial charge in [0.1, 0.15) is 0 Å². The second-order valence-electron chi connectivity index (χ2n) is 6.53. The molecule has 0 bridgehead atoms. The van der Waals surface area contributed by atoms with Gasteiger partial charge >= 0.3 is 5.97 Å². The molecule has 0 aromatic carbocycles. The standard InChI is InChI=1S/C18H25NO4/c1-10-16(12(3)20)11(2)19-17(10)18(22)13(4)23-15(21)9-14-7-5-6-8-14/h13-14,19H,5-9H2,1-4H3/t13-/m1/s1. The lowest BCUT2D eigenvalue weighted by molar-refractivity contribution is -0.147. The van der Waals surface area contributed by atoms with Crippen molar-refractivity contribution >= 4 is 17.5 Å². The van der Waals surface area contributed by atoms with E-state index in [0.717, 1.165) is 12.8 Å². The molecular formula is C18H25NO4. The lowest BCUT2D eigenvalue weighted by Crippen LogP contribution is -2.26. The van der Waals surface area contributed by atoms with Gasteiger partial charge in [0.25, 0.3) is 0 Å². The van der Waals surface area contributed by atoms with Crippen molar-refractivity contribution in [3.8, 4) is 0 Å².